The Kier molecular flexibility index (Phi) is 4.54. The number of aliphatic hydroxyl groups excluding tert-OH is 1. The van der Waals surface area contributed by atoms with Gasteiger partial charge in [-0.25, -0.2) is 0 Å². The van der Waals surface area contributed by atoms with Crippen molar-refractivity contribution < 1.29 is 9.90 Å². The Labute approximate surface area is 91.4 Å². The van der Waals surface area contributed by atoms with E-state index >= 15 is 0 Å². The molecule has 15 heavy (non-hydrogen) atoms. The minimum absolute atomic E-state index is 0.0142. The van der Waals surface area contributed by atoms with Gasteiger partial charge in [0.2, 0.25) is 5.91 Å². The molecule has 4 heteroatoms. The lowest BCUT2D eigenvalue weighted by Gasteiger charge is -2.28. The van der Waals surface area contributed by atoms with E-state index in [4.69, 9.17) is 0 Å². The molecular weight excluding hydrogens is 192 g/mol. The van der Waals surface area contributed by atoms with Gasteiger partial charge in [-0.1, -0.05) is 26.7 Å². The third-order valence-electron chi connectivity index (χ3n) is 2.94. The summed E-state index contributed by atoms with van der Waals surface area (Å²) in [6, 6.07) is 0.310. The summed E-state index contributed by atoms with van der Waals surface area (Å²) in [4.78, 5) is 11.6. The summed E-state index contributed by atoms with van der Waals surface area (Å²) in [5, 5.41) is 15.3. The molecule has 1 rings (SSSR count). The first-order valence-corrected chi connectivity index (χ1v) is 5.73. The number of carbonyl (C=O) groups is 1. The van der Waals surface area contributed by atoms with E-state index in [1.54, 1.807) is 0 Å². The maximum atomic E-state index is 11.6. The number of carbonyl (C=O) groups excluding carboxylic acids is 1. The van der Waals surface area contributed by atoms with Crippen molar-refractivity contribution in [3.63, 3.8) is 0 Å². The Morgan fingerprint density at radius 2 is 2.00 bits per heavy atom. The fraction of sp³-hybridized carbons (Fsp3) is 0.909. The van der Waals surface area contributed by atoms with Crippen molar-refractivity contribution in [1.29, 1.82) is 0 Å². The smallest absolute Gasteiger partial charge is 0.234 e. The van der Waals surface area contributed by atoms with Crippen LogP contribution in [0.4, 0.5) is 0 Å². The van der Waals surface area contributed by atoms with Gasteiger partial charge in [-0.3, -0.25) is 4.79 Å². The van der Waals surface area contributed by atoms with E-state index in [2.05, 4.69) is 10.6 Å². The van der Waals surface area contributed by atoms with Crippen LogP contribution in [-0.4, -0.2) is 35.7 Å². The molecule has 4 nitrogen and oxygen atoms in total. The van der Waals surface area contributed by atoms with Gasteiger partial charge >= 0.3 is 0 Å². The third-order valence-corrected chi connectivity index (χ3v) is 2.94. The Bertz CT molecular complexity index is 211. The van der Waals surface area contributed by atoms with E-state index in [0.717, 1.165) is 25.7 Å². The van der Waals surface area contributed by atoms with Crippen molar-refractivity contribution in [2.75, 3.05) is 13.2 Å². The highest BCUT2D eigenvalue weighted by atomic mass is 16.3. The lowest BCUT2D eigenvalue weighted by Crippen LogP contribution is -2.52. The second-order valence-electron chi connectivity index (χ2n) is 4.73. The molecule has 1 saturated carbocycles. The number of hydrogen-bond donors (Lipinski definition) is 3. The van der Waals surface area contributed by atoms with Gasteiger partial charge in [0, 0.05) is 6.04 Å². The fourth-order valence-electron chi connectivity index (χ4n) is 2.01. The second-order valence-corrected chi connectivity index (χ2v) is 4.73. The standard InChI is InChI=1S/C11H22N2O2/c1-9(2)12-7-10(15)13-11(8-14)5-3-4-6-11/h9,12,14H,3-8H2,1-2H3,(H,13,15). The van der Waals surface area contributed by atoms with Crippen LogP contribution in [0.25, 0.3) is 0 Å². The molecule has 1 aliphatic rings. The van der Waals surface area contributed by atoms with Gasteiger partial charge in [-0.2, -0.15) is 0 Å². The molecule has 0 heterocycles. The van der Waals surface area contributed by atoms with Crippen LogP contribution in [-0.2, 0) is 4.79 Å². The Morgan fingerprint density at radius 3 is 2.47 bits per heavy atom. The minimum atomic E-state index is -0.338. The van der Waals surface area contributed by atoms with Crippen molar-refractivity contribution in [3.05, 3.63) is 0 Å². The van der Waals surface area contributed by atoms with Gasteiger partial charge in [0.1, 0.15) is 0 Å². The third kappa shape index (κ3) is 3.80. The summed E-state index contributed by atoms with van der Waals surface area (Å²) in [7, 11) is 0. The lowest BCUT2D eigenvalue weighted by molar-refractivity contribution is -0.122. The van der Waals surface area contributed by atoms with Crippen LogP contribution < -0.4 is 10.6 Å². The van der Waals surface area contributed by atoms with Crippen LogP contribution in [0.15, 0.2) is 0 Å². The highest BCUT2D eigenvalue weighted by Gasteiger charge is 2.34. The zero-order valence-electron chi connectivity index (χ0n) is 9.68. The first kappa shape index (κ1) is 12.5. The van der Waals surface area contributed by atoms with Gasteiger partial charge in [0.15, 0.2) is 0 Å². The fourth-order valence-corrected chi connectivity index (χ4v) is 2.01. The summed E-state index contributed by atoms with van der Waals surface area (Å²) in [5.74, 6) is -0.0142. The molecule has 0 aliphatic heterocycles. The van der Waals surface area contributed by atoms with Crippen LogP contribution >= 0.6 is 0 Å². The largest absolute Gasteiger partial charge is 0.394 e. The molecule has 1 fully saturated rings. The summed E-state index contributed by atoms with van der Waals surface area (Å²) >= 11 is 0. The molecule has 0 atom stereocenters. The highest BCUT2D eigenvalue weighted by molar-refractivity contribution is 5.79. The van der Waals surface area contributed by atoms with Crippen molar-refractivity contribution >= 4 is 5.91 Å². The molecule has 1 amide bonds. The molecule has 0 bridgehead atoms. The predicted octanol–water partition coefficient (Wildman–Crippen LogP) is 0.406. The van der Waals surface area contributed by atoms with Crippen molar-refractivity contribution in [3.8, 4) is 0 Å². The number of amides is 1. The number of aliphatic hydroxyl groups is 1. The Balaban J connectivity index is 2.35. The van der Waals surface area contributed by atoms with Gasteiger partial charge < -0.3 is 15.7 Å². The van der Waals surface area contributed by atoms with E-state index in [0.29, 0.717) is 12.6 Å². The van der Waals surface area contributed by atoms with Gasteiger partial charge in [-0.05, 0) is 12.8 Å². The van der Waals surface area contributed by atoms with Crippen molar-refractivity contribution in [2.45, 2.75) is 51.1 Å². The van der Waals surface area contributed by atoms with Crippen LogP contribution in [0, 0.1) is 0 Å². The zero-order valence-corrected chi connectivity index (χ0v) is 9.68. The van der Waals surface area contributed by atoms with Gasteiger partial charge in [-0.15, -0.1) is 0 Å². The number of rotatable bonds is 5. The lowest BCUT2D eigenvalue weighted by atomic mass is 9.99. The molecule has 0 radical (unpaired) electrons. The summed E-state index contributed by atoms with van der Waals surface area (Å²) in [6.45, 7) is 4.40. The maximum absolute atomic E-state index is 11.6. The second kappa shape index (κ2) is 5.47. The quantitative estimate of drug-likeness (QED) is 0.621. The van der Waals surface area contributed by atoms with E-state index < -0.39 is 0 Å². The highest BCUT2D eigenvalue weighted by Crippen LogP contribution is 2.28. The van der Waals surface area contributed by atoms with E-state index in [1.807, 2.05) is 13.8 Å². The molecule has 88 valence electrons. The van der Waals surface area contributed by atoms with Gasteiger partial charge in [0.25, 0.3) is 0 Å². The van der Waals surface area contributed by atoms with E-state index in [9.17, 15) is 9.90 Å². The van der Waals surface area contributed by atoms with Crippen LogP contribution in [0.1, 0.15) is 39.5 Å². The molecule has 0 saturated heterocycles. The van der Waals surface area contributed by atoms with Crippen LogP contribution in [0.5, 0.6) is 0 Å². The van der Waals surface area contributed by atoms with E-state index in [-0.39, 0.29) is 18.1 Å². The summed E-state index contributed by atoms with van der Waals surface area (Å²) in [5.41, 5.74) is -0.338. The maximum Gasteiger partial charge on any atom is 0.234 e. The van der Waals surface area contributed by atoms with Crippen molar-refractivity contribution in [1.82, 2.24) is 10.6 Å². The first-order valence-electron chi connectivity index (χ1n) is 5.73. The summed E-state index contributed by atoms with van der Waals surface area (Å²) in [6.07, 6.45) is 3.99. The minimum Gasteiger partial charge on any atom is -0.394 e. The first-order chi connectivity index (χ1) is 7.08. The average molecular weight is 214 g/mol. The zero-order chi connectivity index (χ0) is 11.3. The molecular formula is C11H22N2O2. The monoisotopic (exact) mass is 214 g/mol. The number of nitrogens with one attached hydrogen (secondary N) is 2. The van der Waals surface area contributed by atoms with Crippen LogP contribution in [0.3, 0.4) is 0 Å². The Hall–Kier alpha value is -0.610. The Morgan fingerprint density at radius 1 is 1.40 bits per heavy atom. The molecule has 1 aliphatic carbocycles. The topological polar surface area (TPSA) is 61.4 Å². The molecule has 0 aromatic rings. The summed E-state index contributed by atoms with van der Waals surface area (Å²) < 4.78 is 0. The van der Waals surface area contributed by atoms with E-state index in [1.165, 1.54) is 0 Å². The molecule has 0 spiro atoms. The van der Waals surface area contributed by atoms with Crippen LogP contribution in [0.2, 0.25) is 0 Å². The molecule has 0 aromatic carbocycles. The molecule has 0 aromatic heterocycles. The molecule has 0 unspecified atom stereocenters. The van der Waals surface area contributed by atoms with Crippen molar-refractivity contribution in [2.24, 2.45) is 0 Å². The number of hydrogen-bond acceptors (Lipinski definition) is 3. The molecule has 3 N–H and O–H groups in total. The normalized spacial score (nSPS) is 19.5. The predicted molar refractivity (Wildman–Crippen MR) is 59.6 cm³/mol. The SMILES string of the molecule is CC(C)NCC(=O)NC1(CO)CCCC1. The van der Waals surface area contributed by atoms with Gasteiger partial charge in [0.05, 0.1) is 18.7 Å². The average Bonchev–Trinajstić information content (AvgIpc) is 2.64.